The van der Waals surface area contributed by atoms with Gasteiger partial charge in [0, 0.05) is 19.4 Å². The Kier molecular flexibility index (Phi) is 6.64. The Morgan fingerprint density at radius 2 is 1.86 bits per heavy atom. The average Bonchev–Trinajstić information content (AvgIpc) is 2.99. The van der Waals surface area contributed by atoms with Crippen molar-refractivity contribution in [1.82, 2.24) is 5.32 Å². The lowest BCUT2D eigenvalue weighted by atomic mass is 9.89. The molecule has 1 aromatic rings. The van der Waals surface area contributed by atoms with Crippen molar-refractivity contribution in [3.8, 4) is 0 Å². The maximum atomic E-state index is 9.00. The van der Waals surface area contributed by atoms with Gasteiger partial charge in [0.1, 0.15) is 0 Å². The van der Waals surface area contributed by atoms with Gasteiger partial charge in [-0.1, -0.05) is 36.4 Å². The van der Waals surface area contributed by atoms with E-state index in [4.69, 9.17) is 5.11 Å². The zero-order valence-corrected chi connectivity index (χ0v) is 12.7. The summed E-state index contributed by atoms with van der Waals surface area (Å²) in [6, 6.07) is 10.5. The highest BCUT2D eigenvalue weighted by Gasteiger charge is 2.26. The van der Waals surface area contributed by atoms with Crippen LogP contribution in [0.15, 0.2) is 47.5 Å². The molecule has 1 aliphatic rings. The van der Waals surface area contributed by atoms with Gasteiger partial charge in [0.15, 0.2) is 0 Å². The van der Waals surface area contributed by atoms with Crippen LogP contribution >= 0.6 is 0 Å². The van der Waals surface area contributed by atoms with Gasteiger partial charge in [-0.25, -0.2) is 0 Å². The van der Waals surface area contributed by atoms with Gasteiger partial charge in [0.2, 0.25) is 0 Å². The zero-order chi connectivity index (χ0) is 14.8. The van der Waals surface area contributed by atoms with Gasteiger partial charge < -0.3 is 10.4 Å². The Labute approximate surface area is 127 Å². The number of nitrogens with zero attached hydrogens (tertiary/aromatic N) is 1. The summed E-state index contributed by atoms with van der Waals surface area (Å²) in [4.78, 5) is 4.60. The molecule has 114 valence electrons. The maximum absolute atomic E-state index is 9.00. The minimum absolute atomic E-state index is 0.0395. The molecule has 1 aliphatic heterocycles. The Hall–Kier alpha value is -1.45. The van der Waals surface area contributed by atoms with Crippen LogP contribution in [0.25, 0.3) is 0 Å². The fraction of sp³-hybridized carbons (Fsp3) is 0.500. The van der Waals surface area contributed by atoms with E-state index in [-0.39, 0.29) is 12.1 Å². The summed E-state index contributed by atoms with van der Waals surface area (Å²) in [5.74, 6) is 0. The second-order valence-corrected chi connectivity index (χ2v) is 5.69. The number of hydrogen-bond donors (Lipinski definition) is 2. The molecule has 0 bridgehead atoms. The van der Waals surface area contributed by atoms with Crippen molar-refractivity contribution >= 4 is 6.21 Å². The summed E-state index contributed by atoms with van der Waals surface area (Å²) < 4.78 is 0. The lowest BCUT2D eigenvalue weighted by molar-refractivity contribution is 0.268. The topological polar surface area (TPSA) is 44.6 Å². The Balaban J connectivity index is 1.60. The fourth-order valence-corrected chi connectivity index (χ4v) is 2.77. The molecule has 1 unspecified atom stereocenters. The molecule has 2 N–H and O–H groups in total. The van der Waals surface area contributed by atoms with Crippen LogP contribution in [0.4, 0.5) is 0 Å². The van der Waals surface area contributed by atoms with Crippen molar-refractivity contribution in [1.29, 1.82) is 0 Å². The standard InChI is InChI=1S/C18H26N2O/c21-15-7-12-18(11-6-14-20-18)10-4-5-13-19-16-17-8-2-1-3-9-17/h1-3,6,8-9,11,14,19,21H,4-5,7,10,12-13,15-16H2. The molecule has 1 heterocycles. The minimum atomic E-state index is -0.0395. The molecule has 0 aliphatic carbocycles. The van der Waals surface area contributed by atoms with E-state index >= 15 is 0 Å². The first-order chi connectivity index (χ1) is 10.3. The molecule has 0 aromatic heterocycles. The van der Waals surface area contributed by atoms with Crippen LogP contribution in [-0.4, -0.2) is 30.0 Å². The predicted molar refractivity (Wildman–Crippen MR) is 88.7 cm³/mol. The number of aliphatic hydroxyl groups excluding tert-OH is 1. The number of hydrogen-bond acceptors (Lipinski definition) is 3. The first-order valence-corrected chi connectivity index (χ1v) is 7.93. The third-order valence-electron chi connectivity index (χ3n) is 3.98. The molecule has 0 spiro atoms. The lowest BCUT2D eigenvalue weighted by Crippen LogP contribution is -2.23. The molecule has 3 heteroatoms. The molecule has 0 radical (unpaired) electrons. The van der Waals surface area contributed by atoms with E-state index in [2.05, 4.69) is 40.7 Å². The second-order valence-electron chi connectivity index (χ2n) is 5.69. The van der Waals surface area contributed by atoms with Crippen molar-refractivity contribution in [3.05, 3.63) is 48.0 Å². The third-order valence-corrected chi connectivity index (χ3v) is 3.98. The number of unbranched alkanes of at least 4 members (excludes halogenated alkanes) is 1. The van der Waals surface area contributed by atoms with E-state index in [1.54, 1.807) is 0 Å². The van der Waals surface area contributed by atoms with Gasteiger partial charge in [-0.05, 0) is 50.3 Å². The van der Waals surface area contributed by atoms with Crippen molar-refractivity contribution in [3.63, 3.8) is 0 Å². The smallest absolute Gasteiger partial charge is 0.0792 e. The normalized spacial score (nSPS) is 20.2. The monoisotopic (exact) mass is 286 g/mol. The summed E-state index contributed by atoms with van der Waals surface area (Å²) in [5.41, 5.74) is 1.29. The van der Waals surface area contributed by atoms with Crippen molar-refractivity contribution in [2.24, 2.45) is 4.99 Å². The van der Waals surface area contributed by atoms with Crippen LogP contribution in [0.3, 0.4) is 0 Å². The quantitative estimate of drug-likeness (QED) is 0.649. The number of aliphatic imine (C=N–C) groups is 1. The molecule has 0 saturated carbocycles. The van der Waals surface area contributed by atoms with Crippen LogP contribution in [0.2, 0.25) is 0 Å². The Morgan fingerprint density at radius 3 is 2.57 bits per heavy atom. The second kappa shape index (κ2) is 8.75. The third kappa shape index (κ3) is 5.44. The lowest BCUT2D eigenvalue weighted by Gasteiger charge is -2.24. The number of rotatable bonds is 10. The van der Waals surface area contributed by atoms with Gasteiger partial charge in [-0.2, -0.15) is 0 Å². The van der Waals surface area contributed by atoms with Crippen LogP contribution in [0, 0.1) is 0 Å². The van der Waals surface area contributed by atoms with Gasteiger partial charge in [-0.15, -0.1) is 0 Å². The fourth-order valence-electron chi connectivity index (χ4n) is 2.77. The van der Waals surface area contributed by atoms with E-state index in [1.165, 1.54) is 5.56 Å². The molecular weight excluding hydrogens is 260 g/mol. The largest absolute Gasteiger partial charge is 0.396 e. The first-order valence-electron chi connectivity index (χ1n) is 7.93. The van der Waals surface area contributed by atoms with Crippen LogP contribution < -0.4 is 5.32 Å². The molecule has 3 nitrogen and oxygen atoms in total. The van der Waals surface area contributed by atoms with Crippen molar-refractivity contribution in [2.45, 2.75) is 44.2 Å². The highest BCUT2D eigenvalue weighted by Crippen LogP contribution is 2.29. The summed E-state index contributed by atoms with van der Waals surface area (Å²) >= 11 is 0. The summed E-state index contributed by atoms with van der Waals surface area (Å²) in [6.07, 6.45) is 11.3. The van der Waals surface area contributed by atoms with Crippen molar-refractivity contribution < 1.29 is 5.11 Å². The molecule has 0 amide bonds. The molecule has 1 atom stereocenters. The first kappa shape index (κ1) is 15.9. The van der Waals surface area contributed by atoms with Crippen LogP contribution in [0.1, 0.15) is 37.7 Å². The van der Waals surface area contributed by atoms with Gasteiger partial charge in [0.25, 0.3) is 0 Å². The molecule has 1 aromatic carbocycles. The molecule has 2 rings (SSSR count). The van der Waals surface area contributed by atoms with E-state index in [0.29, 0.717) is 0 Å². The molecular formula is C18H26N2O. The number of nitrogens with one attached hydrogen (secondary N) is 1. The van der Waals surface area contributed by atoms with Gasteiger partial charge >= 0.3 is 0 Å². The Morgan fingerprint density at radius 1 is 1.05 bits per heavy atom. The summed E-state index contributed by atoms with van der Waals surface area (Å²) in [6.45, 7) is 2.23. The van der Waals surface area contributed by atoms with Crippen LogP contribution in [-0.2, 0) is 6.54 Å². The minimum Gasteiger partial charge on any atom is -0.396 e. The van der Waals surface area contributed by atoms with E-state index in [1.807, 2.05) is 18.4 Å². The van der Waals surface area contributed by atoms with E-state index in [0.717, 1.165) is 45.2 Å². The van der Waals surface area contributed by atoms with Gasteiger partial charge in [-0.3, -0.25) is 4.99 Å². The highest BCUT2D eigenvalue weighted by molar-refractivity contribution is 5.75. The Bertz CT molecular complexity index is 442. The van der Waals surface area contributed by atoms with Crippen molar-refractivity contribution in [2.75, 3.05) is 13.2 Å². The van der Waals surface area contributed by atoms with E-state index in [9.17, 15) is 0 Å². The number of benzene rings is 1. The predicted octanol–water partition coefficient (Wildman–Crippen LogP) is 3.10. The number of aliphatic hydroxyl groups is 1. The summed E-state index contributed by atoms with van der Waals surface area (Å²) in [5, 5.41) is 12.5. The highest BCUT2D eigenvalue weighted by atomic mass is 16.2. The number of allylic oxidation sites excluding steroid dienone is 1. The molecule has 21 heavy (non-hydrogen) atoms. The van der Waals surface area contributed by atoms with Gasteiger partial charge in [0.05, 0.1) is 5.54 Å². The zero-order valence-electron chi connectivity index (χ0n) is 12.7. The van der Waals surface area contributed by atoms with E-state index < -0.39 is 0 Å². The maximum Gasteiger partial charge on any atom is 0.0792 e. The SMILES string of the molecule is OCCCC1(CCCCNCc2ccccc2)C=CC=N1. The summed E-state index contributed by atoms with van der Waals surface area (Å²) in [7, 11) is 0. The molecule has 0 saturated heterocycles. The average molecular weight is 286 g/mol. The van der Waals surface area contributed by atoms with Crippen LogP contribution in [0.5, 0.6) is 0 Å². The molecule has 0 fully saturated rings.